The Morgan fingerprint density at radius 3 is 2.41 bits per heavy atom. The maximum Gasteiger partial charge on any atom is 0.271 e. The molecule has 0 aromatic carbocycles. The minimum Gasteiger partial charge on any atom is -0.494 e. The molecule has 0 aliphatic heterocycles. The van der Waals surface area contributed by atoms with E-state index in [4.69, 9.17) is 5.26 Å². The molecule has 5 nitrogen and oxygen atoms in total. The third kappa shape index (κ3) is 1.94. The van der Waals surface area contributed by atoms with Crippen molar-refractivity contribution in [1.29, 1.82) is 5.26 Å². The van der Waals surface area contributed by atoms with E-state index < -0.39 is 5.56 Å². The van der Waals surface area contributed by atoms with E-state index >= 15 is 0 Å². The summed E-state index contributed by atoms with van der Waals surface area (Å²) in [4.78, 5) is 23.6. The largest absolute Gasteiger partial charge is 0.494 e. The van der Waals surface area contributed by atoms with Gasteiger partial charge >= 0.3 is 0 Å². The third-order valence-electron chi connectivity index (χ3n) is 2.69. The van der Waals surface area contributed by atoms with Crippen molar-refractivity contribution in [1.82, 2.24) is 4.57 Å². The molecule has 1 heterocycles. The Balaban J connectivity index is 3.75. The molecule has 0 amide bonds. The summed E-state index contributed by atoms with van der Waals surface area (Å²) in [5, 5.41) is 18.7. The number of Topliss-reactive ketones (excluding diaryl/α,β-unsaturated/α-hetero) is 1. The van der Waals surface area contributed by atoms with Crippen molar-refractivity contribution >= 4 is 5.78 Å². The smallest absolute Gasteiger partial charge is 0.271 e. The number of ketones is 1. The highest BCUT2D eigenvalue weighted by Gasteiger charge is 2.23. The molecule has 1 aromatic heterocycles. The van der Waals surface area contributed by atoms with Gasteiger partial charge < -0.3 is 5.11 Å². The molecule has 0 aliphatic carbocycles. The normalized spacial score (nSPS) is 10.4. The third-order valence-corrected chi connectivity index (χ3v) is 2.69. The van der Waals surface area contributed by atoms with Gasteiger partial charge in [0.2, 0.25) is 5.88 Å². The van der Waals surface area contributed by atoms with Gasteiger partial charge in [-0.15, -0.1) is 0 Å². The lowest BCUT2D eigenvalue weighted by Gasteiger charge is -2.13. The first-order valence-corrected chi connectivity index (χ1v) is 5.19. The van der Waals surface area contributed by atoms with Crippen LogP contribution in [0.2, 0.25) is 0 Å². The number of carbonyl (C=O) groups is 1. The molecule has 0 atom stereocenters. The summed E-state index contributed by atoms with van der Waals surface area (Å²) in [5.74, 6) is -0.985. The lowest BCUT2D eigenvalue weighted by Crippen LogP contribution is -2.25. The molecule has 5 heteroatoms. The Bertz CT molecular complexity index is 577. The molecule has 0 saturated heterocycles. The van der Waals surface area contributed by atoms with Crippen LogP contribution in [0.4, 0.5) is 0 Å². The number of nitrogens with zero attached hydrogens (tertiary/aromatic N) is 2. The summed E-state index contributed by atoms with van der Waals surface area (Å²) in [5.41, 5.74) is -0.400. The van der Waals surface area contributed by atoms with Gasteiger partial charge in [-0.1, -0.05) is 13.8 Å². The van der Waals surface area contributed by atoms with Crippen LogP contribution in [0.3, 0.4) is 0 Å². The van der Waals surface area contributed by atoms with Crippen LogP contribution in [0, 0.1) is 24.2 Å². The van der Waals surface area contributed by atoms with Crippen molar-refractivity contribution in [3.8, 4) is 11.9 Å². The van der Waals surface area contributed by atoms with Gasteiger partial charge in [0.15, 0.2) is 5.78 Å². The number of hydrogen-bond donors (Lipinski definition) is 1. The highest BCUT2D eigenvalue weighted by Crippen LogP contribution is 2.23. The van der Waals surface area contributed by atoms with Crippen LogP contribution in [0.1, 0.15) is 35.3 Å². The zero-order valence-electron chi connectivity index (χ0n) is 10.2. The first kappa shape index (κ1) is 13.0. The van der Waals surface area contributed by atoms with Crippen LogP contribution in [-0.2, 0) is 7.05 Å². The van der Waals surface area contributed by atoms with Crippen molar-refractivity contribution in [3.05, 3.63) is 27.0 Å². The van der Waals surface area contributed by atoms with Crippen molar-refractivity contribution in [3.63, 3.8) is 0 Å². The van der Waals surface area contributed by atoms with Crippen molar-refractivity contribution in [2.45, 2.75) is 20.8 Å². The van der Waals surface area contributed by atoms with E-state index in [1.54, 1.807) is 19.9 Å². The van der Waals surface area contributed by atoms with E-state index in [1.807, 2.05) is 0 Å². The van der Waals surface area contributed by atoms with Gasteiger partial charge in [-0.05, 0) is 12.5 Å². The molecule has 1 aromatic rings. The molecule has 0 saturated carbocycles. The average molecular weight is 234 g/mol. The molecule has 0 spiro atoms. The van der Waals surface area contributed by atoms with Crippen LogP contribution < -0.4 is 5.56 Å². The Hall–Kier alpha value is -2.09. The van der Waals surface area contributed by atoms with Crippen molar-refractivity contribution in [2.75, 3.05) is 0 Å². The maximum atomic E-state index is 11.9. The number of rotatable bonds is 2. The van der Waals surface area contributed by atoms with Crippen LogP contribution in [-0.4, -0.2) is 15.5 Å². The zero-order chi connectivity index (χ0) is 13.3. The number of nitriles is 1. The Labute approximate surface area is 98.9 Å². The predicted octanol–water partition coefficient (Wildman–Crippen LogP) is 1.11. The SMILES string of the molecule is Cc1c(C(=O)C(C)C)c(O)n(C)c(=O)c1C#N. The molecular weight excluding hydrogens is 220 g/mol. The summed E-state index contributed by atoms with van der Waals surface area (Å²) in [6.07, 6.45) is 0. The molecular formula is C12H14N2O3. The maximum absolute atomic E-state index is 11.9. The van der Waals surface area contributed by atoms with Crippen LogP contribution >= 0.6 is 0 Å². The second-order valence-corrected chi connectivity index (χ2v) is 4.19. The predicted molar refractivity (Wildman–Crippen MR) is 62.0 cm³/mol. The van der Waals surface area contributed by atoms with Gasteiger partial charge in [0.25, 0.3) is 5.56 Å². The average Bonchev–Trinajstić information content (AvgIpc) is 2.27. The molecule has 0 unspecified atom stereocenters. The summed E-state index contributed by atoms with van der Waals surface area (Å²) >= 11 is 0. The van der Waals surface area contributed by atoms with Crippen molar-refractivity contribution < 1.29 is 9.90 Å². The summed E-state index contributed by atoms with van der Waals surface area (Å²) in [6, 6.07) is 1.77. The summed E-state index contributed by atoms with van der Waals surface area (Å²) < 4.78 is 0.918. The monoisotopic (exact) mass is 234 g/mol. The zero-order valence-corrected chi connectivity index (χ0v) is 10.2. The fourth-order valence-electron chi connectivity index (χ4n) is 1.60. The molecule has 90 valence electrons. The topological polar surface area (TPSA) is 83.1 Å². The minimum absolute atomic E-state index is 0.0543. The number of pyridine rings is 1. The number of hydrogen-bond acceptors (Lipinski definition) is 4. The second-order valence-electron chi connectivity index (χ2n) is 4.19. The van der Waals surface area contributed by atoms with E-state index in [0.717, 1.165) is 4.57 Å². The minimum atomic E-state index is -0.595. The second kappa shape index (κ2) is 4.42. The van der Waals surface area contributed by atoms with Gasteiger partial charge in [0.05, 0.1) is 5.56 Å². The summed E-state index contributed by atoms with van der Waals surface area (Å²) in [7, 11) is 1.33. The Morgan fingerprint density at radius 1 is 1.47 bits per heavy atom. The highest BCUT2D eigenvalue weighted by molar-refractivity contribution is 6.01. The highest BCUT2D eigenvalue weighted by atomic mass is 16.3. The van der Waals surface area contributed by atoms with Crippen molar-refractivity contribution in [2.24, 2.45) is 13.0 Å². The molecule has 0 bridgehead atoms. The first-order chi connectivity index (χ1) is 7.82. The number of aromatic nitrogens is 1. The standard InChI is InChI=1S/C12H14N2O3/c1-6(2)10(15)9-7(3)8(5-13)11(16)14(4)12(9)17/h6,17H,1-4H3. The molecule has 0 fully saturated rings. The Kier molecular flexibility index (Phi) is 3.37. The lowest BCUT2D eigenvalue weighted by atomic mass is 9.95. The fourth-order valence-corrected chi connectivity index (χ4v) is 1.60. The quantitative estimate of drug-likeness (QED) is 0.777. The molecule has 17 heavy (non-hydrogen) atoms. The van der Waals surface area contributed by atoms with Gasteiger partial charge in [0.1, 0.15) is 11.6 Å². The van der Waals surface area contributed by atoms with Crippen LogP contribution in [0.15, 0.2) is 4.79 Å². The van der Waals surface area contributed by atoms with E-state index in [1.165, 1.54) is 14.0 Å². The van der Waals surface area contributed by atoms with Gasteiger partial charge in [-0.3, -0.25) is 14.2 Å². The molecule has 1 rings (SSSR count). The van der Waals surface area contributed by atoms with Gasteiger partial charge in [0, 0.05) is 13.0 Å². The van der Waals surface area contributed by atoms with E-state index in [0.29, 0.717) is 0 Å². The molecule has 0 radical (unpaired) electrons. The lowest BCUT2D eigenvalue weighted by molar-refractivity contribution is 0.0934. The fraction of sp³-hybridized carbons (Fsp3) is 0.417. The van der Waals surface area contributed by atoms with Crippen LogP contribution in [0.25, 0.3) is 0 Å². The van der Waals surface area contributed by atoms with Crippen LogP contribution in [0.5, 0.6) is 5.88 Å². The van der Waals surface area contributed by atoms with E-state index in [2.05, 4.69) is 0 Å². The molecule has 0 aliphatic rings. The van der Waals surface area contributed by atoms with E-state index in [9.17, 15) is 14.7 Å². The van der Waals surface area contributed by atoms with Gasteiger partial charge in [-0.25, -0.2) is 0 Å². The van der Waals surface area contributed by atoms with E-state index in [-0.39, 0.29) is 34.3 Å². The first-order valence-electron chi connectivity index (χ1n) is 5.19. The summed E-state index contributed by atoms with van der Waals surface area (Å²) in [6.45, 7) is 4.88. The Morgan fingerprint density at radius 2 is 2.00 bits per heavy atom. The van der Waals surface area contributed by atoms with Gasteiger partial charge in [-0.2, -0.15) is 5.26 Å². The molecule has 1 N–H and O–H groups in total. The number of carbonyl (C=O) groups excluding carboxylic acids is 1. The number of aromatic hydroxyl groups is 1.